The molecule has 1 aromatic rings. The lowest BCUT2D eigenvalue weighted by Crippen LogP contribution is -2.59. The number of carbonyl (C=O) groups excluding carboxylic acids is 2. The van der Waals surface area contributed by atoms with E-state index in [1.165, 1.54) is 0 Å². The number of primary amides is 1. The second-order valence-corrected chi connectivity index (χ2v) is 4.93. The fraction of sp³-hybridized carbons (Fsp3) is 0.429. The molecule has 1 rings (SSSR count). The molecule has 0 heterocycles. The third kappa shape index (κ3) is 3.32. The Labute approximate surface area is 108 Å². The van der Waals surface area contributed by atoms with Crippen LogP contribution in [0.5, 0.6) is 0 Å². The van der Waals surface area contributed by atoms with Gasteiger partial charge in [0.05, 0.1) is 6.42 Å². The molecular weight excluding hydrogens is 228 g/mol. The summed E-state index contributed by atoms with van der Waals surface area (Å²) in [5.74, 6) is -0.773. The minimum atomic E-state index is -1.01. The van der Waals surface area contributed by atoms with Gasteiger partial charge < -0.3 is 11.1 Å². The number of nitrogens with one attached hydrogen (secondary N) is 1. The molecule has 0 bridgehead atoms. The summed E-state index contributed by atoms with van der Waals surface area (Å²) in [5.41, 5.74) is 5.26. The third-order valence-electron chi connectivity index (χ3n) is 3.27. The third-order valence-corrected chi connectivity index (χ3v) is 3.27. The van der Waals surface area contributed by atoms with Crippen LogP contribution in [0.1, 0.15) is 26.3 Å². The van der Waals surface area contributed by atoms with Gasteiger partial charge in [-0.15, -0.1) is 0 Å². The zero-order valence-electron chi connectivity index (χ0n) is 11.1. The Morgan fingerprint density at radius 2 is 1.83 bits per heavy atom. The Morgan fingerprint density at radius 1 is 1.28 bits per heavy atom. The van der Waals surface area contributed by atoms with Crippen LogP contribution in [0.4, 0.5) is 0 Å². The van der Waals surface area contributed by atoms with E-state index in [4.69, 9.17) is 5.73 Å². The summed E-state index contributed by atoms with van der Waals surface area (Å²) in [4.78, 5) is 23.4. The van der Waals surface area contributed by atoms with Gasteiger partial charge in [-0.25, -0.2) is 0 Å². The van der Waals surface area contributed by atoms with Crippen molar-refractivity contribution >= 4 is 11.8 Å². The molecule has 0 saturated heterocycles. The first kappa shape index (κ1) is 14.2. The Kier molecular flexibility index (Phi) is 4.48. The van der Waals surface area contributed by atoms with E-state index in [-0.39, 0.29) is 18.2 Å². The van der Waals surface area contributed by atoms with Gasteiger partial charge in [-0.05, 0) is 18.4 Å². The Balaban J connectivity index is 2.72. The van der Waals surface area contributed by atoms with Gasteiger partial charge >= 0.3 is 0 Å². The maximum atomic E-state index is 11.9. The summed E-state index contributed by atoms with van der Waals surface area (Å²) in [6.45, 7) is 5.37. The molecule has 0 radical (unpaired) electrons. The molecule has 1 aromatic carbocycles. The van der Waals surface area contributed by atoms with Crippen LogP contribution >= 0.6 is 0 Å². The fourth-order valence-electron chi connectivity index (χ4n) is 1.61. The topological polar surface area (TPSA) is 72.2 Å². The lowest BCUT2D eigenvalue weighted by Gasteiger charge is -2.31. The van der Waals surface area contributed by atoms with E-state index in [0.29, 0.717) is 0 Å². The van der Waals surface area contributed by atoms with Crippen LogP contribution in [0, 0.1) is 5.92 Å². The summed E-state index contributed by atoms with van der Waals surface area (Å²) in [6.07, 6.45) is 0.246. The van der Waals surface area contributed by atoms with Crippen molar-refractivity contribution in [2.45, 2.75) is 32.7 Å². The van der Waals surface area contributed by atoms with Gasteiger partial charge in [0, 0.05) is 0 Å². The minimum absolute atomic E-state index is 0.0604. The van der Waals surface area contributed by atoms with Crippen molar-refractivity contribution in [3.63, 3.8) is 0 Å². The van der Waals surface area contributed by atoms with Crippen molar-refractivity contribution in [2.24, 2.45) is 11.7 Å². The molecule has 3 N–H and O–H groups in total. The van der Waals surface area contributed by atoms with Crippen LogP contribution in [0.3, 0.4) is 0 Å². The van der Waals surface area contributed by atoms with Crippen LogP contribution < -0.4 is 11.1 Å². The monoisotopic (exact) mass is 248 g/mol. The smallest absolute Gasteiger partial charge is 0.243 e. The van der Waals surface area contributed by atoms with Gasteiger partial charge in [-0.3, -0.25) is 9.59 Å². The molecule has 98 valence electrons. The van der Waals surface area contributed by atoms with E-state index >= 15 is 0 Å². The van der Waals surface area contributed by atoms with Gasteiger partial charge in [-0.1, -0.05) is 44.2 Å². The number of amides is 2. The second-order valence-electron chi connectivity index (χ2n) is 4.93. The van der Waals surface area contributed by atoms with Crippen molar-refractivity contribution < 1.29 is 9.59 Å². The molecule has 0 aliphatic heterocycles. The van der Waals surface area contributed by atoms with Crippen LogP contribution in [-0.2, 0) is 16.0 Å². The summed E-state index contributed by atoms with van der Waals surface area (Å²) >= 11 is 0. The fourth-order valence-corrected chi connectivity index (χ4v) is 1.61. The standard InChI is InChI=1S/C14H20N2O2/c1-10(2)14(3,13(15)18)16-12(17)9-11-7-5-4-6-8-11/h4-8,10H,9H2,1-3H3,(H2,15,18)(H,16,17). The largest absolute Gasteiger partial charge is 0.368 e. The molecule has 4 nitrogen and oxygen atoms in total. The molecule has 2 amide bonds. The van der Waals surface area contributed by atoms with Crippen molar-refractivity contribution in [1.82, 2.24) is 5.32 Å². The number of hydrogen-bond donors (Lipinski definition) is 2. The highest BCUT2D eigenvalue weighted by Gasteiger charge is 2.36. The first-order chi connectivity index (χ1) is 8.36. The van der Waals surface area contributed by atoms with Crippen LogP contribution in [0.25, 0.3) is 0 Å². The highest BCUT2D eigenvalue weighted by molar-refractivity contribution is 5.90. The van der Waals surface area contributed by atoms with Crippen molar-refractivity contribution in [2.75, 3.05) is 0 Å². The summed E-state index contributed by atoms with van der Waals surface area (Å²) in [7, 11) is 0. The van der Waals surface area contributed by atoms with Gasteiger partial charge in [-0.2, -0.15) is 0 Å². The number of hydrogen-bond acceptors (Lipinski definition) is 2. The second kappa shape index (κ2) is 5.67. The first-order valence-electron chi connectivity index (χ1n) is 6.01. The lowest BCUT2D eigenvalue weighted by molar-refractivity contribution is -0.132. The highest BCUT2D eigenvalue weighted by Crippen LogP contribution is 2.16. The summed E-state index contributed by atoms with van der Waals surface area (Å²) < 4.78 is 0. The Bertz CT molecular complexity index is 429. The number of benzene rings is 1. The average molecular weight is 248 g/mol. The van der Waals surface area contributed by atoms with E-state index in [0.717, 1.165) is 5.56 Å². The molecule has 0 aliphatic carbocycles. The predicted molar refractivity (Wildman–Crippen MR) is 70.7 cm³/mol. The molecular formula is C14H20N2O2. The molecule has 0 aliphatic rings. The van der Waals surface area contributed by atoms with E-state index in [1.54, 1.807) is 6.92 Å². The molecule has 0 spiro atoms. The summed E-state index contributed by atoms with van der Waals surface area (Å²) in [6, 6.07) is 9.38. The quantitative estimate of drug-likeness (QED) is 0.823. The maximum Gasteiger partial charge on any atom is 0.243 e. The normalized spacial score (nSPS) is 14.0. The van der Waals surface area contributed by atoms with Crippen LogP contribution in [0.2, 0.25) is 0 Å². The number of nitrogens with two attached hydrogens (primary N) is 1. The zero-order chi connectivity index (χ0) is 13.8. The first-order valence-corrected chi connectivity index (χ1v) is 6.01. The Morgan fingerprint density at radius 3 is 2.28 bits per heavy atom. The van der Waals surface area contributed by atoms with Gasteiger partial charge in [0.2, 0.25) is 11.8 Å². The molecule has 0 fully saturated rings. The maximum absolute atomic E-state index is 11.9. The molecule has 4 heteroatoms. The molecule has 18 heavy (non-hydrogen) atoms. The van der Waals surface area contributed by atoms with Crippen molar-refractivity contribution in [3.05, 3.63) is 35.9 Å². The SMILES string of the molecule is CC(C)C(C)(NC(=O)Cc1ccccc1)C(N)=O. The van der Waals surface area contributed by atoms with E-state index in [2.05, 4.69) is 5.32 Å². The number of rotatable bonds is 5. The van der Waals surface area contributed by atoms with Crippen LogP contribution in [-0.4, -0.2) is 17.4 Å². The summed E-state index contributed by atoms with van der Waals surface area (Å²) in [5, 5.41) is 2.73. The zero-order valence-corrected chi connectivity index (χ0v) is 11.1. The predicted octanol–water partition coefficient (Wildman–Crippen LogP) is 1.25. The highest BCUT2D eigenvalue weighted by atomic mass is 16.2. The average Bonchev–Trinajstić information content (AvgIpc) is 2.29. The molecule has 0 saturated carbocycles. The van der Waals surface area contributed by atoms with Crippen molar-refractivity contribution in [1.29, 1.82) is 0 Å². The van der Waals surface area contributed by atoms with Gasteiger partial charge in [0.1, 0.15) is 5.54 Å². The van der Waals surface area contributed by atoms with Gasteiger partial charge in [0.25, 0.3) is 0 Å². The molecule has 1 unspecified atom stereocenters. The van der Waals surface area contributed by atoms with Crippen LogP contribution in [0.15, 0.2) is 30.3 Å². The minimum Gasteiger partial charge on any atom is -0.368 e. The van der Waals surface area contributed by atoms with E-state index in [9.17, 15) is 9.59 Å². The van der Waals surface area contributed by atoms with E-state index in [1.807, 2.05) is 44.2 Å². The Hall–Kier alpha value is -1.84. The molecule has 1 atom stereocenters. The molecule has 0 aromatic heterocycles. The van der Waals surface area contributed by atoms with E-state index < -0.39 is 11.4 Å². The number of carbonyl (C=O) groups is 2. The van der Waals surface area contributed by atoms with Crippen molar-refractivity contribution in [3.8, 4) is 0 Å². The van der Waals surface area contributed by atoms with Gasteiger partial charge in [0.15, 0.2) is 0 Å². The lowest BCUT2D eigenvalue weighted by atomic mass is 9.87.